The minimum absolute atomic E-state index is 0.107. The lowest BCUT2D eigenvalue weighted by molar-refractivity contribution is 0.222. The van der Waals surface area contributed by atoms with Crippen LogP contribution in [-0.2, 0) is 11.3 Å². The Morgan fingerprint density at radius 1 is 0.350 bits per heavy atom. The Bertz CT molecular complexity index is 2510. The molecule has 0 amide bonds. The fraction of sp³-hybridized carbons (Fsp3) is 0.130. The van der Waals surface area contributed by atoms with Gasteiger partial charge in [-0.2, -0.15) is 0 Å². The molecule has 6 aromatic rings. The van der Waals surface area contributed by atoms with Crippen molar-refractivity contribution < 1.29 is 45.3 Å². The van der Waals surface area contributed by atoms with Crippen molar-refractivity contribution in [2.45, 2.75) is 11.3 Å². The molecule has 0 fully saturated rings. The summed E-state index contributed by atoms with van der Waals surface area (Å²) in [6, 6.07) is 27.8. The van der Waals surface area contributed by atoms with E-state index in [4.69, 9.17) is 38.9 Å². The minimum atomic E-state index is -3.12. The monoisotopic (exact) mass is 818 g/mol. The van der Waals surface area contributed by atoms with E-state index < -0.39 is 57.4 Å². The third-order valence-electron chi connectivity index (χ3n) is 10.2. The van der Waals surface area contributed by atoms with Crippen molar-refractivity contribution in [3.63, 3.8) is 0 Å². The third kappa shape index (κ3) is 6.44. The third-order valence-corrected chi connectivity index (χ3v) is 10.2. The van der Waals surface area contributed by atoms with Crippen LogP contribution in [0.15, 0.2) is 141 Å². The van der Waals surface area contributed by atoms with Crippen LogP contribution < -0.4 is 18.9 Å². The molecule has 60 heavy (non-hydrogen) atoms. The Morgan fingerprint density at radius 2 is 0.600 bits per heavy atom. The van der Waals surface area contributed by atoms with Gasteiger partial charge in [-0.3, -0.25) is 0 Å². The summed E-state index contributed by atoms with van der Waals surface area (Å²) in [6.45, 7) is 0. The van der Waals surface area contributed by atoms with E-state index in [1.807, 2.05) is 0 Å². The van der Waals surface area contributed by atoms with E-state index in [0.717, 1.165) is 0 Å². The van der Waals surface area contributed by atoms with Gasteiger partial charge in [0.05, 0.1) is 62.4 Å². The van der Waals surface area contributed by atoms with Gasteiger partial charge in [-0.05, 0) is 72.8 Å². The van der Waals surface area contributed by atoms with Crippen LogP contribution in [0.1, 0.15) is 33.4 Å². The highest BCUT2D eigenvalue weighted by Crippen LogP contribution is 2.57. The van der Waals surface area contributed by atoms with Gasteiger partial charge in [0.25, 0.3) is 0 Å². The SMILES string of the molecule is COc1cccc(C2=NC(c3c(F)ccc(F)c3F)(C3(c4c(F)ccc(F)c4F)N=C(c4cccc(OC)c4)C(c4cccc(OC)c4)=N3)N=C2c2cccc(OC)c2)c1. The van der Waals surface area contributed by atoms with E-state index in [9.17, 15) is 0 Å². The van der Waals surface area contributed by atoms with Crippen LogP contribution in [0.5, 0.6) is 23.0 Å². The van der Waals surface area contributed by atoms with Crippen LogP contribution in [0, 0.1) is 34.9 Å². The van der Waals surface area contributed by atoms with E-state index in [-0.39, 0.29) is 45.1 Å². The molecule has 0 N–H and O–H groups in total. The predicted molar refractivity (Wildman–Crippen MR) is 214 cm³/mol. The number of rotatable bonds is 11. The molecule has 0 atom stereocenters. The molecule has 2 aliphatic heterocycles. The summed E-state index contributed by atoms with van der Waals surface area (Å²) in [4.78, 5) is 19.7. The molecule has 0 saturated carbocycles. The van der Waals surface area contributed by atoms with Gasteiger partial charge in [-0.15, -0.1) is 0 Å². The van der Waals surface area contributed by atoms with E-state index in [1.165, 1.54) is 28.4 Å². The summed E-state index contributed by atoms with van der Waals surface area (Å²) in [5.74, 6) is -8.31. The highest BCUT2D eigenvalue weighted by Gasteiger charge is 2.65. The van der Waals surface area contributed by atoms with Crippen molar-refractivity contribution in [3.8, 4) is 23.0 Å². The van der Waals surface area contributed by atoms with Gasteiger partial charge in [-0.1, -0.05) is 48.5 Å². The van der Waals surface area contributed by atoms with Gasteiger partial charge in [0.1, 0.15) is 34.6 Å². The minimum Gasteiger partial charge on any atom is -0.497 e. The lowest BCUT2D eigenvalue weighted by Gasteiger charge is -2.38. The summed E-state index contributed by atoms with van der Waals surface area (Å²) in [7, 11) is 5.67. The first kappa shape index (κ1) is 39.6. The second kappa shape index (κ2) is 15.5. The molecule has 0 unspecified atom stereocenters. The van der Waals surface area contributed by atoms with E-state index in [0.29, 0.717) is 47.3 Å². The number of methoxy groups -OCH3 is 4. The molecular formula is C46H32F6N4O4. The average molecular weight is 819 g/mol. The predicted octanol–water partition coefficient (Wildman–Crippen LogP) is 9.55. The molecule has 14 heteroatoms. The molecule has 2 aliphatic rings. The second-order valence-electron chi connectivity index (χ2n) is 13.6. The van der Waals surface area contributed by atoms with Crippen LogP contribution in [0.25, 0.3) is 0 Å². The van der Waals surface area contributed by atoms with Crippen LogP contribution in [0.4, 0.5) is 26.3 Å². The van der Waals surface area contributed by atoms with Crippen molar-refractivity contribution in [1.29, 1.82) is 0 Å². The normalized spacial score (nSPS) is 15.2. The maximum Gasteiger partial charge on any atom is 0.232 e. The maximum atomic E-state index is 16.9. The van der Waals surface area contributed by atoms with Gasteiger partial charge < -0.3 is 18.9 Å². The van der Waals surface area contributed by atoms with Gasteiger partial charge in [0.15, 0.2) is 23.3 Å². The van der Waals surface area contributed by atoms with Crippen LogP contribution >= 0.6 is 0 Å². The van der Waals surface area contributed by atoms with Gasteiger partial charge in [0, 0.05) is 22.3 Å². The second-order valence-corrected chi connectivity index (χ2v) is 13.6. The Balaban J connectivity index is 1.63. The largest absolute Gasteiger partial charge is 0.497 e. The first-order valence-electron chi connectivity index (χ1n) is 18.2. The Labute approximate surface area is 339 Å². The first-order chi connectivity index (χ1) is 29.0. The fourth-order valence-electron chi connectivity index (χ4n) is 7.37. The number of benzene rings is 6. The van der Waals surface area contributed by atoms with E-state index >= 15 is 26.3 Å². The molecule has 8 nitrogen and oxygen atoms in total. The summed E-state index contributed by atoms with van der Waals surface area (Å²) in [5, 5.41) is 0. The molecule has 6 aromatic carbocycles. The van der Waals surface area contributed by atoms with Gasteiger partial charge in [-0.25, -0.2) is 46.3 Å². The van der Waals surface area contributed by atoms with Crippen LogP contribution in [0.3, 0.4) is 0 Å². The standard InChI is InChI=1S/C46H32F6N4O4/c1-57-29-13-5-9-25(21-29)41-42(26-10-6-14-30(22-26)58-2)54-45(53-41,37-33(47)17-19-35(49)39(37)51)46(38-34(48)18-20-36(50)40(38)52)55-43(27-11-7-15-31(23-27)59-3)44(56-46)28-12-8-16-32(24-28)60-4/h5-24H,1-4H3. The molecule has 0 radical (unpaired) electrons. The topological polar surface area (TPSA) is 86.4 Å². The van der Waals surface area contributed by atoms with Crippen LogP contribution in [0.2, 0.25) is 0 Å². The van der Waals surface area contributed by atoms with Gasteiger partial charge in [0.2, 0.25) is 11.3 Å². The zero-order valence-electron chi connectivity index (χ0n) is 32.2. The number of hydrogen-bond donors (Lipinski definition) is 0. The van der Waals surface area contributed by atoms with E-state index in [1.54, 1.807) is 97.1 Å². The number of nitrogens with zero attached hydrogens (tertiary/aromatic N) is 4. The molecular weight excluding hydrogens is 787 g/mol. The highest BCUT2D eigenvalue weighted by atomic mass is 19.2. The average Bonchev–Trinajstić information content (AvgIpc) is 3.89. The number of hydrogen-bond acceptors (Lipinski definition) is 8. The maximum absolute atomic E-state index is 16.9. The molecule has 302 valence electrons. The van der Waals surface area contributed by atoms with Crippen molar-refractivity contribution in [2.24, 2.45) is 20.0 Å². The smallest absolute Gasteiger partial charge is 0.232 e. The summed E-state index contributed by atoms with van der Waals surface area (Å²) < 4.78 is 121. The van der Waals surface area contributed by atoms with Crippen molar-refractivity contribution >= 4 is 22.8 Å². The summed E-state index contributed by atoms with van der Waals surface area (Å²) >= 11 is 0. The fourth-order valence-corrected chi connectivity index (χ4v) is 7.37. The van der Waals surface area contributed by atoms with Crippen molar-refractivity contribution in [1.82, 2.24) is 0 Å². The zero-order valence-corrected chi connectivity index (χ0v) is 32.2. The Morgan fingerprint density at radius 3 is 0.850 bits per heavy atom. The molecule has 0 aliphatic carbocycles. The van der Waals surface area contributed by atoms with Crippen LogP contribution in [-0.4, -0.2) is 51.3 Å². The first-order valence-corrected chi connectivity index (χ1v) is 18.2. The quantitative estimate of drug-likeness (QED) is 0.0964. The summed E-state index contributed by atoms with van der Waals surface area (Å²) in [6.07, 6.45) is 0. The highest BCUT2D eigenvalue weighted by molar-refractivity contribution is 6.56. The molecule has 0 bridgehead atoms. The molecule has 0 aromatic heterocycles. The van der Waals surface area contributed by atoms with Gasteiger partial charge >= 0.3 is 0 Å². The lowest BCUT2D eigenvalue weighted by atomic mass is 9.80. The lowest BCUT2D eigenvalue weighted by Crippen LogP contribution is -2.46. The number of ether oxygens (including phenoxy) is 4. The van der Waals surface area contributed by atoms with Crippen molar-refractivity contribution in [3.05, 3.63) is 190 Å². The molecule has 2 heterocycles. The summed E-state index contributed by atoms with van der Waals surface area (Å²) in [5.41, 5.74) is -8.14. The Kier molecular flexibility index (Phi) is 10.2. The van der Waals surface area contributed by atoms with E-state index in [2.05, 4.69) is 0 Å². The number of aliphatic imine (C=N–C) groups is 4. The molecule has 0 saturated heterocycles. The number of halogens is 6. The molecule has 0 spiro atoms. The Hall–Kier alpha value is -7.22. The zero-order chi connectivity index (χ0) is 42.3. The van der Waals surface area contributed by atoms with Crippen molar-refractivity contribution in [2.75, 3.05) is 28.4 Å². The molecule has 8 rings (SSSR count).